The van der Waals surface area contributed by atoms with Gasteiger partial charge in [-0.05, 0) is 49.5 Å². The van der Waals surface area contributed by atoms with E-state index >= 15 is 0 Å². The number of methoxy groups -OCH3 is 1. The molecule has 0 spiro atoms. The molecule has 0 amide bonds. The number of nitrogens with zero attached hydrogens (tertiary/aromatic N) is 1. The zero-order valence-corrected chi connectivity index (χ0v) is 12.1. The van der Waals surface area contributed by atoms with E-state index in [1.807, 2.05) is 12.1 Å². The Morgan fingerprint density at radius 2 is 2.05 bits per heavy atom. The van der Waals surface area contributed by atoms with Crippen LogP contribution in [0.2, 0.25) is 0 Å². The lowest BCUT2D eigenvalue weighted by molar-refractivity contribution is 0.173. The van der Waals surface area contributed by atoms with Gasteiger partial charge in [-0.25, -0.2) is 0 Å². The normalized spacial score (nSPS) is 17.6. The highest BCUT2D eigenvalue weighted by Crippen LogP contribution is 2.25. The summed E-state index contributed by atoms with van der Waals surface area (Å²) >= 11 is 0. The van der Waals surface area contributed by atoms with Crippen LogP contribution in [0.4, 0.5) is 0 Å². The van der Waals surface area contributed by atoms with Crippen molar-refractivity contribution in [3.05, 3.63) is 29.3 Å². The summed E-state index contributed by atoms with van der Waals surface area (Å²) < 4.78 is 5.42. The molecule has 1 fully saturated rings. The van der Waals surface area contributed by atoms with Crippen LogP contribution in [-0.4, -0.2) is 30.2 Å². The summed E-state index contributed by atoms with van der Waals surface area (Å²) in [4.78, 5) is 2.49. The third kappa shape index (κ3) is 3.71. The van der Waals surface area contributed by atoms with Crippen LogP contribution >= 0.6 is 0 Å². The molecule has 1 saturated heterocycles. The van der Waals surface area contributed by atoms with Crippen LogP contribution < -0.4 is 4.74 Å². The molecular weight excluding hydrogens is 238 g/mol. The van der Waals surface area contributed by atoms with Crippen LogP contribution in [-0.2, 0) is 13.2 Å². The van der Waals surface area contributed by atoms with Gasteiger partial charge in [0, 0.05) is 12.1 Å². The SMILES string of the molecule is CCC1CCN(Cc2cc(CO)ccc2OC)CC1. The van der Waals surface area contributed by atoms with Crippen LogP contribution in [0.1, 0.15) is 37.3 Å². The van der Waals surface area contributed by atoms with Gasteiger partial charge in [-0.3, -0.25) is 4.90 Å². The molecule has 2 rings (SSSR count). The molecule has 3 nitrogen and oxygen atoms in total. The maximum atomic E-state index is 9.24. The monoisotopic (exact) mass is 263 g/mol. The standard InChI is InChI=1S/C16H25NO2/c1-3-13-6-8-17(9-7-13)11-15-10-14(12-18)4-5-16(15)19-2/h4-5,10,13,18H,3,6-9,11-12H2,1-2H3. The molecule has 1 aliphatic heterocycles. The Kier molecular flexibility index (Phi) is 5.23. The Bertz CT molecular complexity index is 398. The highest BCUT2D eigenvalue weighted by Gasteiger charge is 2.18. The molecule has 1 heterocycles. The van der Waals surface area contributed by atoms with Crippen molar-refractivity contribution in [1.29, 1.82) is 0 Å². The van der Waals surface area contributed by atoms with Gasteiger partial charge in [0.05, 0.1) is 13.7 Å². The van der Waals surface area contributed by atoms with E-state index < -0.39 is 0 Å². The topological polar surface area (TPSA) is 32.7 Å². The van der Waals surface area contributed by atoms with Crippen molar-refractivity contribution >= 4 is 0 Å². The fraction of sp³-hybridized carbons (Fsp3) is 0.625. The van der Waals surface area contributed by atoms with Gasteiger partial charge in [0.25, 0.3) is 0 Å². The van der Waals surface area contributed by atoms with E-state index in [2.05, 4.69) is 17.9 Å². The molecule has 106 valence electrons. The first-order chi connectivity index (χ1) is 9.26. The molecule has 1 N–H and O–H groups in total. The minimum absolute atomic E-state index is 0.0922. The maximum absolute atomic E-state index is 9.24. The Morgan fingerprint density at radius 1 is 1.32 bits per heavy atom. The molecule has 0 aliphatic carbocycles. The van der Waals surface area contributed by atoms with E-state index in [-0.39, 0.29) is 6.61 Å². The molecule has 0 bridgehead atoms. The van der Waals surface area contributed by atoms with Gasteiger partial charge in [-0.15, -0.1) is 0 Å². The van der Waals surface area contributed by atoms with E-state index in [1.165, 1.54) is 37.9 Å². The fourth-order valence-corrected chi connectivity index (χ4v) is 2.85. The molecule has 0 saturated carbocycles. The van der Waals surface area contributed by atoms with Crippen LogP contribution in [0.15, 0.2) is 18.2 Å². The van der Waals surface area contributed by atoms with E-state index in [9.17, 15) is 5.11 Å². The summed E-state index contributed by atoms with van der Waals surface area (Å²) in [6.07, 6.45) is 3.91. The van der Waals surface area contributed by atoms with Crippen LogP contribution in [0.3, 0.4) is 0 Å². The lowest BCUT2D eigenvalue weighted by Crippen LogP contribution is -2.33. The predicted octanol–water partition coefficient (Wildman–Crippen LogP) is 2.81. The predicted molar refractivity (Wildman–Crippen MR) is 77.2 cm³/mol. The van der Waals surface area contributed by atoms with Crippen LogP contribution in [0.5, 0.6) is 5.75 Å². The average Bonchev–Trinajstić information content (AvgIpc) is 2.48. The number of rotatable bonds is 5. The Morgan fingerprint density at radius 3 is 2.63 bits per heavy atom. The van der Waals surface area contributed by atoms with Gasteiger partial charge in [0.15, 0.2) is 0 Å². The van der Waals surface area contributed by atoms with Gasteiger partial charge >= 0.3 is 0 Å². The molecule has 1 aromatic carbocycles. The second-order valence-electron chi connectivity index (χ2n) is 5.43. The second kappa shape index (κ2) is 6.92. The van der Waals surface area contributed by atoms with Gasteiger partial charge in [0.2, 0.25) is 0 Å². The second-order valence-corrected chi connectivity index (χ2v) is 5.43. The molecule has 1 aromatic rings. The Balaban J connectivity index is 2.02. The molecule has 19 heavy (non-hydrogen) atoms. The minimum Gasteiger partial charge on any atom is -0.496 e. The fourth-order valence-electron chi connectivity index (χ4n) is 2.85. The van der Waals surface area contributed by atoms with Gasteiger partial charge in [0.1, 0.15) is 5.75 Å². The third-order valence-corrected chi connectivity index (χ3v) is 4.21. The lowest BCUT2D eigenvalue weighted by Gasteiger charge is -2.31. The Labute approximate surface area is 116 Å². The molecule has 3 heteroatoms. The van der Waals surface area contributed by atoms with Crippen LogP contribution in [0, 0.1) is 5.92 Å². The number of piperidine rings is 1. The first kappa shape index (κ1) is 14.4. The van der Waals surface area contributed by atoms with Gasteiger partial charge in [-0.2, -0.15) is 0 Å². The molecule has 0 radical (unpaired) electrons. The van der Waals surface area contributed by atoms with Gasteiger partial charge in [-0.1, -0.05) is 19.4 Å². The van der Waals surface area contributed by atoms with Crippen molar-refractivity contribution in [2.45, 2.75) is 39.3 Å². The van der Waals surface area contributed by atoms with E-state index in [0.29, 0.717) is 0 Å². The smallest absolute Gasteiger partial charge is 0.123 e. The first-order valence-corrected chi connectivity index (χ1v) is 7.25. The number of hydrogen-bond donors (Lipinski definition) is 1. The lowest BCUT2D eigenvalue weighted by atomic mass is 9.94. The molecular formula is C16H25NO2. The number of hydrogen-bond acceptors (Lipinski definition) is 3. The first-order valence-electron chi connectivity index (χ1n) is 7.25. The van der Waals surface area contributed by atoms with Gasteiger partial charge < -0.3 is 9.84 Å². The van der Waals surface area contributed by atoms with E-state index in [1.54, 1.807) is 7.11 Å². The summed E-state index contributed by atoms with van der Waals surface area (Å²) in [5.41, 5.74) is 2.14. The summed E-state index contributed by atoms with van der Waals surface area (Å²) in [5.74, 6) is 1.83. The van der Waals surface area contributed by atoms with Crippen molar-refractivity contribution in [2.75, 3.05) is 20.2 Å². The zero-order valence-electron chi connectivity index (χ0n) is 12.1. The maximum Gasteiger partial charge on any atom is 0.123 e. The summed E-state index contributed by atoms with van der Waals surface area (Å²) in [7, 11) is 1.71. The quantitative estimate of drug-likeness (QED) is 0.886. The largest absolute Gasteiger partial charge is 0.496 e. The summed E-state index contributed by atoms with van der Waals surface area (Å²) in [5, 5.41) is 9.24. The van der Waals surface area contributed by atoms with E-state index in [0.717, 1.165) is 23.8 Å². The molecule has 0 atom stereocenters. The minimum atomic E-state index is 0.0922. The van der Waals surface area contributed by atoms with Crippen molar-refractivity contribution < 1.29 is 9.84 Å². The number of ether oxygens (including phenoxy) is 1. The third-order valence-electron chi connectivity index (χ3n) is 4.21. The number of aliphatic hydroxyl groups excluding tert-OH is 1. The average molecular weight is 263 g/mol. The number of likely N-dealkylation sites (tertiary alicyclic amines) is 1. The van der Waals surface area contributed by atoms with E-state index in [4.69, 9.17) is 4.74 Å². The van der Waals surface area contributed by atoms with Crippen LogP contribution in [0.25, 0.3) is 0 Å². The van der Waals surface area contributed by atoms with Crippen molar-refractivity contribution in [3.8, 4) is 5.75 Å². The summed E-state index contributed by atoms with van der Waals surface area (Å²) in [6, 6.07) is 5.94. The highest BCUT2D eigenvalue weighted by atomic mass is 16.5. The van der Waals surface area contributed by atoms with Crippen molar-refractivity contribution in [3.63, 3.8) is 0 Å². The summed E-state index contributed by atoms with van der Waals surface area (Å²) in [6.45, 7) is 5.65. The highest BCUT2D eigenvalue weighted by molar-refractivity contribution is 5.37. The Hall–Kier alpha value is -1.06. The van der Waals surface area contributed by atoms with Crippen molar-refractivity contribution in [2.24, 2.45) is 5.92 Å². The van der Waals surface area contributed by atoms with Crippen molar-refractivity contribution in [1.82, 2.24) is 4.90 Å². The number of aliphatic hydroxyl groups is 1. The number of benzene rings is 1. The molecule has 0 aromatic heterocycles. The molecule has 1 aliphatic rings. The molecule has 0 unspecified atom stereocenters. The zero-order chi connectivity index (χ0) is 13.7.